The highest BCUT2D eigenvalue weighted by Gasteiger charge is 2.33. The molecule has 1 aliphatic heterocycles. The van der Waals surface area contributed by atoms with Gasteiger partial charge in [-0.1, -0.05) is 6.92 Å². The highest BCUT2D eigenvalue weighted by Crippen LogP contribution is 2.29. The van der Waals surface area contributed by atoms with Gasteiger partial charge in [-0.25, -0.2) is 4.79 Å². The number of nitrogens with zero attached hydrogens (tertiary/aromatic N) is 2. The van der Waals surface area contributed by atoms with Crippen molar-refractivity contribution in [1.29, 1.82) is 0 Å². The van der Waals surface area contributed by atoms with Crippen molar-refractivity contribution in [3.05, 3.63) is 0 Å². The average molecular weight is 242 g/mol. The van der Waals surface area contributed by atoms with Crippen LogP contribution in [-0.2, 0) is 4.79 Å². The highest BCUT2D eigenvalue weighted by molar-refractivity contribution is 5.83. The number of hydrogen-bond acceptors (Lipinski definition) is 3. The molecule has 0 aromatic heterocycles. The predicted molar refractivity (Wildman–Crippen MR) is 65.4 cm³/mol. The summed E-state index contributed by atoms with van der Waals surface area (Å²) in [5, 5.41) is 2.31. The van der Waals surface area contributed by atoms with Crippen molar-refractivity contribution in [2.75, 3.05) is 40.3 Å². The molecule has 1 aliphatic rings. The number of carbonyl (C=O) groups excluding carboxylic acids is 2. The van der Waals surface area contributed by atoms with Crippen molar-refractivity contribution >= 4 is 11.9 Å². The zero-order valence-electron chi connectivity index (χ0n) is 10.8. The quantitative estimate of drug-likeness (QED) is 0.694. The van der Waals surface area contributed by atoms with Gasteiger partial charge in [-0.2, -0.15) is 0 Å². The van der Waals surface area contributed by atoms with Gasteiger partial charge in [0.15, 0.2) is 0 Å². The first-order valence-corrected chi connectivity index (χ1v) is 5.78. The standard InChI is InChI=1S/C11H22N4O2/c1-11(4-5-14(2)7-11)8-15(3)9(16)6-13-10(12)17/h4-8H2,1-3H3,(H3,12,13,17). The molecular formula is C11H22N4O2. The van der Waals surface area contributed by atoms with Crippen molar-refractivity contribution in [2.24, 2.45) is 11.1 Å². The number of carbonyl (C=O) groups is 2. The number of nitrogens with one attached hydrogen (secondary N) is 1. The third-order valence-corrected chi connectivity index (χ3v) is 3.21. The van der Waals surface area contributed by atoms with E-state index in [4.69, 9.17) is 5.73 Å². The lowest BCUT2D eigenvalue weighted by molar-refractivity contribution is -0.130. The van der Waals surface area contributed by atoms with E-state index in [9.17, 15) is 9.59 Å². The van der Waals surface area contributed by atoms with Crippen LogP contribution in [0.15, 0.2) is 0 Å². The molecule has 3 N–H and O–H groups in total. The summed E-state index contributed by atoms with van der Waals surface area (Å²) in [5.41, 5.74) is 5.07. The number of amides is 3. The van der Waals surface area contributed by atoms with Crippen molar-refractivity contribution < 1.29 is 9.59 Å². The molecule has 98 valence electrons. The van der Waals surface area contributed by atoms with Crippen molar-refractivity contribution in [3.8, 4) is 0 Å². The fourth-order valence-corrected chi connectivity index (χ4v) is 2.36. The molecule has 0 bridgehead atoms. The molecule has 1 saturated heterocycles. The monoisotopic (exact) mass is 242 g/mol. The number of urea groups is 1. The molecule has 0 aromatic carbocycles. The molecular weight excluding hydrogens is 220 g/mol. The predicted octanol–water partition coefficient (Wildman–Crippen LogP) is -0.545. The molecule has 0 saturated carbocycles. The molecule has 1 rings (SSSR count). The fourth-order valence-electron chi connectivity index (χ4n) is 2.36. The smallest absolute Gasteiger partial charge is 0.312 e. The summed E-state index contributed by atoms with van der Waals surface area (Å²) in [6.07, 6.45) is 1.09. The zero-order valence-corrected chi connectivity index (χ0v) is 10.8. The molecule has 0 aliphatic carbocycles. The number of primary amides is 1. The van der Waals surface area contributed by atoms with Gasteiger partial charge in [0, 0.05) is 20.1 Å². The highest BCUT2D eigenvalue weighted by atomic mass is 16.2. The van der Waals surface area contributed by atoms with Crippen LogP contribution in [0.1, 0.15) is 13.3 Å². The van der Waals surface area contributed by atoms with E-state index < -0.39 is 6.03 Å². The van der Waals surface area contributed by atoms with Gasteiger partial charge in [0.25, 0.3) is 0 Å². The SMILES string of the molecule is CN1CCC(C)(CN(C)C(=O)CNC(N)=O)C1. The minimum absolute atomic E-state index is 0.0300. The summed E-state index contributed by atoms with van der Waals surface area (Å²) in [4.78, 5) is 26.1. The normalized spacial score (nSPS) is 24.6. The van der Waals surface area contributed by atoms with Gasteiger partial charge in [0.2, 0.25) is 5.91 Å². The summed E-state index contributed by atoms with van der Waals surface area (Å²) in [6.45, 7) is 4.92. The van der Waals surface area contributed by atoms with E-state index in [0.29, 0.717) is 6.54 Å². The molecule has 1 fully saturated rings. The van der Waals surface area contributed by atoms with Gasteiger partial charge in [-0.05, 0) is 25.4 Å². The van der Waals surface area contributed by atoms with Crippen LogP contribution in [-0.4, -0.2) is 62.0 Å². The molecule has 6 heteroatoms. The van der Waals surface area contributed by atoms with Crippen LogP contribution < -0.4 is 11.1 Å². The minimum atomic E-state index is -0.668. The van der Waals surface area contributed by atoms with Gasteiger partial charge in [0.05, 0.1) is 6.54 Å². The van der Waals surface area contributed by atoms with E-state index in [1.807, 2.05) is 0 Å². The molecule has 0 spiro atoms. The van der Waals surface area contributed by atoms with Gasteiger partial charge in [-0.15, -0.1) is 0 Å². The van der Waals surface area contributed by atoms with Crippen molar-refractivity contribution in [1.82, 2.24) is 15.1 Å². The second-order valence-electron chi connectivity index (χ2n) is 5.27. The Bertz CT molecular complexity index is 308. The van der Waals surface area contributed by atoms with Crippen LogP contribution in [0.3, 0.4) is 0 Å². The van der Waals surface area contributed by atoms with Crippen molar-refractivity contribution in [3.63, 3.8) is 0 Å². The molecule has 17 heavy (non-hydrogen) atoms. The Morgan fingerprint density at radius 1 is 1.53 bits per heavy atom. The maximum absolute atomic E-state index is 11.7. The molecule has 1 unspecified atom stereocenters. The largest absolute Gasteiger partial charge is 0.352 e. The molecule has 0 aromatic rings. The summed E-state index contributed by atoms with van der Waals surface area (Å²) < 4.78 is 0. The van der Waals surface area contributed by atoms with E-state index in [2.05, 4.69) is 24.2 Å². The molecule has 0 radical (unpaired) electrons. The van der Waals surface area contributed by atoms with E-state index >= 15 is 0 Å². The van der Waals surface area contributed by atoms with Gasteiger partial charge >= 0.3 is 6.03 Å². The van der Waals surface area contributed by atoms with E-state index in [0.717, 1.165) is 19.5 Å². The fraction of sp³-hybridized carbons (Fsp3) is 0.818. The Labute approximate surface area is 102 Å². The maximum atomic E-state index is 11.7. The Balaban J connectivity index is 2.40. The summed E-state index contributed by atoms with van der Waals surface area (Å²) >= 11 is 0. The number of likely N-dealkylation sites (tertiary alicyclic amines) is 1. The number of nitrogens with two attached hydrogens (primary N) is 1. The first-order valence-electron chi connectivity index (χ1n) is 5.78. The number of likely N-dealkylation sites (N-methyl/N-ethyl adjacent to an activating group) is 1. The van der Waals surface area contributed by atoms with Gasteiger partial charge < -0.3 is 20.9 Å². The van der Waals surface area contributed by atoms with Crippen LogP contribution in [0.25, 0.3) is 0 Å². The summed E-state index contributed by atoms with van der Waals surface area (Å²) in [6, 6.07) is -0.668. The lowest BCUT2D eigenvalue weighted by atomic mass is 9.89. The molecule has 1 atom stereocenters. The van der Waals surface area contributed by atoms with E-state index in [1.165, 1.54) is 0 Å². The van der Waals surface area contributed by atoms with Crippen LogP contribution in [0.4, 0.5) is 4.79 Å². The van der Waals surface area contributed by atoms with Crippen LogP contribution in [0.5, 0.6) is 0 Å². The van der Waals surface area contributed by atoms with Crippen LogP contribution in [0.2, 0.25) is 0 Å². The number of hydrogen-bond donors (Lipinski definition) is 2. The third-order valence-electron chi connectivity index (χ3n) is 3.21. The first-order chi connectivity index (χ1) is 7.82. The van der Waals surface area contributed by atoms with Gasteiger partial charge in [0.1, 0.15) is 0 Å². The van der Waals surface area contributed by atoms with Crippen LogP contribution in [0, 0.1) is 5.41 Å². The van der Waals surface area contributed by atoms with Gasteiger partial charge in [-0.3, -0.25) is 4.79 Å². The van der Waals surface area contributed by atoms with Crippen molar-refractivity contribution in [2.45, 2.75) is 13.3 Å². The summed E-state index contributed by atoms with van der Waals surface area (Å²) in [7, 11) is 3.84. The third kappa shape index (κ3) is 4.22. The maximum Gasteiger partial charge on any atom is 0.312 e. The number of rotatable bonds is 4. The lowest BCUT2D eigenvalue weighted by Gasteiger charge is -2.29. The van der Waals surface area contributed by atoms with E-state index in [1.54, 1.807) is 11.9 Å². The summed E-state index contributed by atoms with van der Waals surface area (Å²) in [5.74, 6) is -0.112. The van der Waals surface area contributed by atoms with E-state index in [-0.39, 0.29) is 17.9 Å². The Morgan fingerprint density at radius 2 is 2.18 bits per heavy atom. The molecule has 1 heterocycles. The second kappa shape index (κ2) is 5.35. The first kappa shape index (κ1) is 13.8. The minimum Gasteiger partial charge on any atom is -0.352 e. The molecule has 3 amide bonds. The Kier molecular flexibility index (Phi) is 4.34. The Hall–Kier alpha value is -1.30. The average Bonchev–Trinajstić information content (AvgIpc) is 2.54. The lowest BCUT2D eigenvalue weighted by Crippen LogP contribution is -2.44. The molecule has 6 nitrogen and oxygen atoms in total. The Morgan fingerprint density at radius 3 is 2.65 bits per heavy atom. The zero-order chi connectivity index (χ0) is 13.1. The van der Waals surface area contributed by atoms with Crippen LogP contribution >= 0.6 is 0 Å². The topological polar surface area (TPSA) is 78.7 Å². The second-order valence-corrected chi connectivity index (χ2v) is 5.27.